The van der Waals surface area contributed by atoms with Crippen molar-refractivity contribution >= 4 is 44.1 Å². The van der Waals surface area contributed by atoms with Crippen LogP contribution in [0.5, 0.6) is 0 Å². The standard InChI is InChI=1S/C48H32N4/c1-3-12-32(13-4-1)46-50-47(33-14-5-2-6-15-33)52-48(51-46)37-27-35(26-36(28-37)38-21-11-16-31-24-25-49-30-45(31)38)34-22-23-43-41-19-8-7-17-39(41)40-18-9-10-20-42(40)44(43)29-34/h1-15,17-31H,16H2. The summed E-state index contributed by atoms with van der Waals surface area (Å²) in [6.45, 7) is 0. The molecule has 1 atom stereocenters. The number of hydrogen-bond acceptors (Lipinski definition) is 4. The average Bonchev–Trinajstić information content (AvgIpc) is 3.23. The van der Waals surface area contributed by atoms with Crippen molar-refractivity contribution in [2.45, 2.75) is 6.42 Å². The second kappa shape index (κ2) is 12.5. The molecule has 4 nitrogen and oxygen atoms in total. The molecule has 0 saturated heterocycles. The van der Waals surface area contributed by atoms with Crippen molar-refractivity contribution < 1.29 is 0 Å². The van der Waals surface area contributed by atoms with Crippen molar-refractivity contribution in [2.24, 2.45) is 10.9 Å². The number of aliphatic imine (C=N–C) groups is 1. The molecular weight excluding hydrogens is 633 g/mol. The van der Waals surface area contributed by atoms with Crippen LogP contribution in [0.15, 0.2) is 181 Å². The van der Waals surface area contributed by atoms with Crippen LogP contribution in [0.4, 0.5) is 0 Å². The molecule has 1 aromatic heterocycles. The van der Waals surface area contributed by atoms with Crippen LogP contribution in [0.2, 0.25) is 0 Å². The van der Waals surface area contributed by atoms with E-state index >= 15 is 0 Å². The Morgan fingerprint density at radius 3 is 1.58 bits per heavy atom. The van der Waals surface area contributed by atoms with Gasteiger partial charge < -0.3 is 0 Å². The van der Waals surface area contributed by atoms with Crippen LogP contribution in [-0.2, 0) is 0 Å². The molecule has 4 heteroatoms. The highest BCUT2D eigenvalue weighted by atomic mass is 15.0. The van der Waals surface area contributed by atoms with Gasteiger partial charge in [-0.1, -0.05) is 140 Å². The van der Waals surface area contributed by atoms with E-state index < -0.39 is 0 Å². The Hall–Kier alpha value is -6.78. The van der Waals surface area contributed by atoms with Crippen LogP contribution in [0.1, 0.15) is 12.0 Å². The van der Waals surface area contributed by atoms with Crippen LogP contribution in [0, 0.1) is 5.92 Å². The van der Waals surface area contributed by atoms with Gasteiger partial charge in [-0.05, 0) is 90.8 Å². The molecule has 2 aliphatic rings. The number of allylic oxidation sites excluding steroid dienone is 5. The Labute approximate surface area is 301 Å². The van der Waals surface area contributed by atoms with Gasteiger partial charge in [0.25, 0.3) is 0 Å². The number of aromatic nitrogens is 3. The largest absolute Gasteiger partial charge is 0.265 e. The lowest BCUT2D eigenvalue weighted by molar-refractivity contribution is 0.794. The quantitative estimate of drug-likeness (QED) is 0.172. The van der Waals surface area contributed by atoms with E-state index in [0.717, 1.165) is 39.8 Å². The van der Waals surface area contributed by atoms with Crippen LogP contribution >= 0.6 is 0 Å². The maximum Gasteiger partial charge on any atom is 0.164 e. The number of nitrogens with zero attached hydrogens (tertiary/aromatic N) is 4. The van der Waals surface area contributed by atoms with Gasteiger partial charge in [-0.2, -0.15) is 0 Å². The SMILES string of the molecule is C1=CC(c2cc(-c3ccc4c5ccccc5c5ccccc5c4c3)cc(-c3nc(-c4ccccc4)nc(-c4ccccc4)n3)c2)=C2C=NC=CC2C1. The van der Waals surface area contributed by atoms with Gasteiger partial charge in [0.2, 0.25) is 0 Å². The Morgan fingerprint density at radius 1 is 0.423 bits per heavy atom. The predicted molar refractivity (Wildman–Crippen MR) is 216 cm³/mol. The zero-order valence-corrected chi connectivity index (χ0v) is 28.3. The third-order valence-electron chi connectivity index (χ3n) is 10.3. The highest BCUT2D eigenvalue weighted by molar-refractivity contribution is 6.25. The molecule has 7 aromatic carbocycles. The summed E-state index contributed by atoms with van der Waals surface area (Å²) in [5.41, 5.74) is 8.57. The van der Waals surface area contributed by atoms with E-state index in [9.17, 15) is 0 Å². The monoisotopic (exact) mass is 664 g/mol. The number of hydrogen-bond donors (Lipinski definition) is 0. The summed E-state index contributed by atoms with van der Waals surface area (Å²) in [4.78, 5) is 19.8. The topological polar surface area (TPSA) is 51.0 Å². The molecule has 10 rings (SSSR count). The zero-order chi connectivity index (χ0) is 34.4. The molecule has 0 N–H and O–H groups in total. The van der Waals surface area contributed by atoms with E-state index in [0.29, 0.717) is 23.4 Å². The Bertz CT molecular complexity index is 2720. The fraction of sp³-hybridized carbons (Fsp3) is 0.0417. The molecule has 0 bridgehead atoms. The highest BCUT2D eigenvalue weighted by Gasteiger charge is 2.22. The first-order valence-electron chi connectivity index (χ1n) is 17.7. The van der Waals surface area contributed by atoms with E-state index in [1.165, 1.54) is 43.5 Å². The first-order chi connectivity index (χ1) is 25.8. The van der Waals surface area contributed by atoms with Gasteiger partial charge in [-0.3, -0.25) is 4.99 Å². The van der Waals surface area contributed by atoms with Crippen molar-refractivity contribution in [2.75, 3.05) is 0 Å². The van der Waals surface area contributed by atoms with E-state index in [2.05, 4.69) is 108 Å². The molecule has 0 spiro atoms. The molecule has 1 aliphatic carbocycles. The predicted octanol–water partition coefficient (Wildman–Crippen LogP) is 11.9. The van der Waals surface area contributed by atoms with Crippen molar-refractivity contribution in [3.05, 3.63) is 181 Å². The summed E-state index contributed by atoms with van der Waals surface area (Å²) in [6.07, 6.45) is 11.6. The third kappa shape index (κ3) is 5.24. The summed E-state index contributed by atoms with van der Waals surface area (Å²) >= 11 is 0. The van der Waals surface area contributed by atoms with Crippen molar-refractivity contribution in [1.29, 1.82) is 0 Å². The smallest absolute Gasteiger partial charge is 0.164 e. The lowest BCUT2D eigenvalue weighted by Gasteiger charge is -2.23. The van der Waals surface area contributed by atoms with Gasteiger partial charge in [0.05, 0.1) is 0 Å². The molecule has 0 fully saturated rings. The zero-order valence-electron chi connectivity index (χ0n) is 28.3. The summed E-state index contributed by atoms with van der Waals surface area (Å²) in [7, 11) is 0. The first kappa shape index (κ1) is 30.1. The molecule has 0 saturated carbocycles. The van der Waals surface area contributed by atoms with E-state index in [4.69, 9.17) is 15.0 Å². The van der Waals surface area contributed by atoms with E-state index in [1.807, 2.05) is 73.1 Å². The molecule has 0 radical (unpaired) electrons. The first-order valence-corrected chi connectivity index (χ1v) is 17.7. The lowest BCUT2D eigenvalue weighted by atomic mass is 9.82. The maximum absolute atomic E-state index is 5.13. The lowest BCUT2D eigenvalue weighted by Crippen LogP contribution is -2.10. The molecule has 0 amide bonds. The Balaban J connectivity index is 1.23. The van der Waals surface area contributed by atoms with E-state index in [-0.39, 0.29) is 0 Å². The van der Waals surface area contributed by atoms with Crippen LogP contribution in [-0.4, -0.2) is 21.2 Å². The minimum atomic E-state index is 0.302. The van der Waals surface area contributed by atoms with Crippen molar-refractivity contribution in [3.63, 3.8) is 0 Å². The van der Waals surface area contributed by atoms with Gasteiger partial charge in [0.15, 0.2) is 17.5 Å². The van der Waals surface area contributed by atoms with Crippen molar-refractivity contribution in [1.82, 2.24) is 15.0 Å². The van der Waals surface area contributed by atoms with Crippen molar-refractivity contribution in [3.8, 4) is 45.3 Å². The number of benzene rings is 7. The molecular formula is C48H32N4. The highest BCUT2D eigenvalue weighted by Crippen LogP contribution is 2.40. The van der Waals surface area contributed by atoms with Gasteiger partial charge in [0, 0.05) is 35.0 Å². The molecule has 2 heterocycles. The number of rotatable bonds is 5. The minimum Gasteiger partial charge on any atom is -0.265 e. The second-order valence-corrected chi connectivity index (χ2v) is 13.4. The molecule has 8 aromatic rings. The molecule has 52 heavy (non-hydrogen) atoms. The average molecular weight is 665 g/mol. The normalized spacial score (nSPS) is 15.1. The van der Waals surface area contributed by atoms with Gasteiger partial charge in [0.1, 0.15) is 0 Å². The van der Waals surface area contributed by atoms with Crippen LogP contribution < -0.4 is 0 Å². The maximum atomic E-state index is 5.13. The molecule has 1 unspecified atom stereocenters. The number of fused-ring (bicyclic) bond motifs is 7. The summed E-state index contributed by atoms with van der Waals surface area (Å²) in [5.74, 6) is 2.22. The fourth-order valence-corrected chi connectivity index (χ4v) is 7.75. The Morgan fingerprint density at radius 2 is 0.942 bits per heavy atom. The van der Waals surface area contributed by atoms with Crippen LogP contribution in [0.25, 0.3) is 83.2 Å². The minimum absolute atomic E-state index is 0.302. The van der Waals surface area contributed by atoms with Gasteiger partial charge in [-0.25, -0.2) is 15.0 Å². The summed E-state index contributed by atoms with van der Waals surface area (Å²) < 4.78 is 0. The molecule has 244 valence electrons. The molecule has 1 aliphatic heterocycles. The van der Waals surface area contributed by atoms with E-state index in [1.54, 1.807) is 0 Å². The van der Waals surface area contributed by atoms with Crippen LogP contribution in [0.3, 0.4) is 0 Å². The van der Waals surface area contributed by atoms with Gasteiger partial charge in [-0.15, -0.1) is 0 Å². The fourth-order valence-electron chi connectivity index (χ4n) is 7.75. The van der Waals surface area contributed by atoms with Gasteiger partial charge >= 0.3 is 0 Å². The second-order valence-electron chi connectivity index (χ2n) is 13.4. The third-order valence-corrected chi connectivity index (χ3v) is 10.3. The summed E-state index contributed by atoms with van der Waals surface area (Å²) in [6, 6.07) is 51.4. The summed E-state index contributed by atoms with van der Waals surface area (Å²) in [5, 5.41) is 7.54. The Kier molecular flexibility index (Phi) is 7.24.